The molecule has 0 heterocycles. The molecule has 2 aromatic rings. The SMILES string of the molecule is CC1=CC[C@@H](C(C)C)[C@H](c2c(O)cc(C(C)(C)c3cccc(C)c3)cc2O)C1. The molecule has 0 aromatic heterocycles. The van der Waals surface area contributed by atoms with E-state index in [1.54, 1.807) is 0 Å². The van der Waals surface area contributed by atoms with Gasteiger partial charge in [-0.15, -0.1) is 0 Å². The number of phenolic OH excluding ortho intramolecular Hbond substituents is 2. The Morgan fingerprint density at radius 1 is 0.964 bits per heavy atom. The van der Waals surface area contributed by atoms with Gasteiger partial charge in [0.2, 0.25) is 0 Å². The molecule has 3 rings (SSSR count). The monoisotopic (exact) mass is 378 g/mol. The summed E-state index contributed by atoms with van der Waals surface area (Å²) in [4.78, 5) is 0. The first-order valence-corrected chi connectivity index (χ1v) is 10.4. The molecule has 0 radical (unpaired) electrons. The van der Waals surface area contributed by atoms with Crippen LogP contribution < -0.4 is 0 Å². The average Bonchev–Trinajstić information content (AvgIpc) is 2.61. The van der Waals surface area contributed by atoms with Crippen LogP contribution in [0.25, 0.3) is 0 Å². The van der Waals surface area contributed by atoms with Crippen LogP contribution in [-0.2, 0) is 5.41 Å². The van der Waals surface area contributed by atoms with Gasteiger partial charge in [-0.3, -0.25) is 0 Å². The summed E-state index contributed by atoms with van der Waals surface area (Å²) in [6, 6.07) is 12.2. The Morgan fingerprint density at radius 2 is 1.61 bits per heavy atom. The van der Waals surface area contributed by atoms with E-state index < -0.39 is 0 Å². The lowest BCUT2D eigenvalue weighted by molar-refractivity contribution is 0.292. The van der Waals surface area contributed by atoms with E-state index in [0.29, 0.717) is 11.8 Å². The van der Waals surface area contributed by atoms with Crippen molar-refractivity contribution in [3.63, 3.8) is 0 Å². The van der Waals surface area contributed by atoms with E-state index in [9.17, 15) is 10.2 Å². The second kappa shape index (κ2) is 7.66. The van der Waals surface area contributed by atoms with Crippen LogP contribution in [0, 0.1) is 18.8 Å². The number of hydrogen-bond acceptors (Lipinski definition) is 2. The van der Waals surface area contributed by atoms with Gasteiger partial charge in [-0.05, 0) is 67.7 Å². The minimum absolute atomic E-state index is 0.154. The Hall–Kier alpha value is -2.22. The molecule has 1 aliphatic rings. The number of benzene rings is 2. The van der Waals surface area contributed by atoms with Gasteiger partial charge >= 0.3 is 0 Å². The number of hydrogen-bond donors (Lipinski definition) is 2. The van der Waals surface area contributed by atoms with Crippen molar-refractivity contribution in [1.29, 1.82) is 0 Å². The van der Waals surface area contributed by atoms with E-state index in [1.165, 1.54) is 16.7 Å². The maximum absolute atomic E-state index is 11.0. The summed E-state index contributed by atoms with van der Waals surface area (Å²) < 4.78 is 0. The third-order valence-corrected chi connectivity index (χ3v) is 6.62. The fraction of sp³-hybridized carbons (Fsp3) is 0.462. The highest BCUT2D eigenvalue weighted by atomic mass is 16.3. The van der Waals surface area contributed by atoms with Gasteiger partial charge in [0.15, 0.2) is 0 Å². The molecule has 0 saturated heterocycles. The van der Waals surface area contributed by atoms with Gasteiger partial charge < -0.3 is 10.2 Å². The second-order valence-electron chi connectivity index (χ2n) is 9.43. The predicted octanol–water partition coefficient (Wildman–Crippen LogP) is 6.83. The summed E-state index contributed by atoms with van der Waals surface area (Å²) >= 11 is 0. The third-order valence-electron chi connectivity index (χ3n) is 6.62. The minimum atomic E-state index is -0.306. The normalized spacial score (nSPS) is 20.3. The van der Waals surface area contributed by atoms with Crippen LogP contribution in [0.15, 0.2) is 48.0 Å². The van der Waals surface area contributed by atoms with Gasteiger partial charge in [0.25, 0.3) is 0 Å². The fourth-order valence-corrected chi connectivity index (χ4v) is 4.70. The molecule has 2 nitrogen and oxygen atoms in total. The summed E-state index contributed by atoms with van der Waals surface area (Å²) in [5.41, 5.74) is 5.07. The Morgan fingerprint density at radius 3 is 2.18 bits per heavy atom. The van der Waals surface area contributed by atoms with Crippen molar-refractivity contribution in [2.45, 2.75) is 65.7 Å². The molecule has 2 N–H and O–H groups in total. The molecule has 0 aliphatic heterocycles. The molecular formula is C26H34O2. The fourth-order valence-electron chi connectivity index (χ4n) is 4.70. The van der Waals surface area contributed by atoms with Crippen molar-refractivity contribution in [2.75, 3.05) is 0 Å². The van der Waals surface area contributed by atoms with Crippen LogP contribution in [0.3, 0.4) is 0 Å². The van der Waals surface area contributed by atoms with Crippen LogP contribution in [0.1, 0.15) is 75.6 Å². The molecule has 150 valence electrons. The quantitative estimate of drug-likeness (QED) is 0.573. The first-order valence-electron chi connectivity index (χ1n) is 10.4. The average molecular weight is 379 g/mol. The second-order valence-corrected chi connectivity index (χ2v) is 9.43. The molecule has 2 atom stereocenters. The first kappa shape index (κ1) is 20.5. The predicted molar refractivity (Wildman–Crippen MR) is 117 cm³/mol. The van der Waals surface area contributed by atoms with E-state index in [0.717, 1.165) is 24.0 Å². The first-order chi connectivity index (χ1) is 13.1. The Labute approximate surface area is 169 Å². The van der Waals surface area contributed by atoms with Gasteiger partial charge in [-0.2, -0.15) is 0 Å². The topological polar surface area (TPSA) is 40.5 Å². The lowest BCUT2D eigenvalue weighted by Gasteiger charge is -2.35. The number of phenols is 2. The van der Waals surface area contributed by atoms with Gasteiger partial charge in [0.05, 0.1) is 0 Å². The van der Waals surface area contributed by atoms with Crippen molar-refractivity contribution in [2.24, 2.45) is 11.8 Å². The standard InChI is InChI=1S/C26H34O2/c1-16(2)21-11-10-18(4)13-22(21)25-23(27)14-20(15-24(25)28)26(5,6)19-9-7-8-17(3)12-19/h7-10,12,14-16,21-22,27-28H,11,13H2,1-6H3/t21-,22+/m0/s1. The van der Waals surface area contributed by atoms with Crippen molar-refractivity contribution in [3.05, 3.63) is 70.3 Å². The van der Waals surface area contributed by atoms with E-state index in [-0.39, 0.29) is 22.8 Å². The van der Waals surface area contributed by atoms with Crippen molar-refractivity contribution < 1.29 is 10.2 Å². The van der Waals surface area contributed by atoms with Crippen molar-refractivity contribution >= 4 is 0 Å². The molecule has 0 amide bonds. The maximum Gasteiger partial charge on any atom is 0.123 e. The van der Waals surface area contributed by atoms with E-state index in [1.807, 2.05) is 12.1 Å². The highest BCUT2D eigenvalue weighted by molar-refractivity contribution is 5.53. The number of aryl methyl sites for hydroxylation is 1. The smallest absolute Gasteiger partial charge is 0.123 e. The number of allylic oxidation sites excluding steroid dienone is 2. The largest absolute Gasteiger partial charge is 0.508 e. The molecular weight excluding hydrogens is 344 g/mol. The van der Waals surface area contributed by atoms with Crippen LogP contribution in [0.4, 0.5) is 0 Å². The highest BCUT2D eigenvalue weighted by Gasteiger charge is 2.34. The Kier molecular flexibility index (Phi) is 5.61. The summed E-state index contributed by atoms with van der Waals surface area (Å²) in [5, 5.41) is 22.0. The van der Waals surface area contributed by atoms with E-state index in [2.05, 4.69) is 71.9 Å². The molecule has 2 heteroatoms. The molecule has 0 fully saturated rings. The molecule has 0 bridgehead atoms. The van der Waals surface area contributed by atoms with Crippen LogP contribution in [0.2, 0.25) is 0 Å². The molecule has 1 aliphatic carbocycles. The zero-order valence-corrected chi connectivity index (χ0v) is 18.1. The van der Waals surface area contributed by atoms with Crippen LogP contribution in [-0.4, -0.2) is 10.2 Å². The molecule has 28 heavy (non-hydrogen) atoms. The number of aromatic hydroxyl groups is 2. The summed E-state index contributed by atoms with van der Waals surface area (Å²) in [6.07, 6.45) is 4.21. The van der Waals surface area contributed by atoms with E-state index >= 15 is 0 Å². The zero-order valence-electron chi connectivity index (χ0n) is 18.1. The number of rotatable bonds is 4. The van der Waals surface area contributed by atoms with Crippen LogP contribution >= 0.6 is 0 Å². The lowest BCUT2D eigenvalue weighted by Crippen LogP contribution is -2.23. The van der Waals surface area contributed by atoms with Gasteiger partial charge in [0.1, 0.15) is 11.5 Å². The van der Waals surface area contributed by atoms with Crippen LogP contribution in [0.5, 0.6) is 11.5 Å². The molecule has 0 spiro atoms. The molecule has 0 unspecified atom stereocenters. The van der Waals surface area contributed by atoms with Gasteiger partial charge in [-0.25, -0.2) is 0 Å². The summed E-state index contributed by atoms with van der Waals surface area (Å²) in [6.45, 7) is 13.0. The van der Waals surface area contributed by atoms with Crippen molar-refractivity contribution in [3.8, 4) is 11.5 Å². The Bertz CT molecular complexity index is 866. The van der Waals surface area contributed by atoms with Crippen molar-refractivity contribution in [1.82, 2.24) is 0 Å². The minimum Gasteiger partial charge on any atom is -0.508 e. The molecule has 0 saturated carbocycles. The van der Waals surface area contributed by atoms with E-state index in [4.69, 9.17) is 0 Å². The zero-order chi connectivity index (χ0) is 20.6. The third kappa shape index (κ3) is 3.83. The summed E-state index contributed by atoms with van der Waals surface area (Å²) in [7, 11) is 0. The lowest BCUT2D eigenvalue weighted by atomic mass is 9.70. The summed E-state index contributed by atoms with van der Waals surface area (Å²) in [5.74, 6) is 1.52. The van der Waals surface area contributed by atoms with Gasteiger partial charge in [-0.1, -0.05) is 69.2 Å². The maximum atomic E-state index is 11.0. The molecule has 2 aromatic carbocycles. The highest BCUT2D eigenvalue weighted by Crippen LogP contribution is 2.49. The van der Waals surface area contributed by atoms with Gasteiger partial charge in [0, 0.05) is 11.0 Å². The Balaban J connectivity index is 2.05.